The van der Waals surface area contributed by atoms with E-state index in [0.717, 1.165) is 31.4 Å². The summed E-state index contributed by atoms with van der Waals surface area (Å²) in [5, 5.41) is 3.56. The Morgan fingerprint density at radius 2 is 1.58 bits per heavy atom. The van der Waals surface area contributed by atoms with E-state index < -0.39 is 0 Å². The zero-order chi connectivity index (χ0) is 18.8. The SMILES string of the molecule is COc1cc(CCCN[C@H](CN)Cc2ccccc2)cc(OC)c1OC. The Kier molecular flexibility index (Phi) is 8.25. The van der Waals surface area contributed by atoms with E-state index in [1.54, 1.807) is 21.3 Å². The average Bonchev–Trinajstić information content (AvgIpc) is 2.70. The lowest BCUT2D eigenvalue weighted by Gasteiger charge is -2.17. The summed E-state index contributed by atoms with van der Waals surface area (Å²) in [7, 11) is 4.89. The molecule has 26 heavy (non-hydrogen) atoms. The van der Waals surface area contributed by atoms with Crippen LogP contribution >= 0.6 is 0 Å². The summed E-state index contributed by atoms with van der Waals surface area (Å²) in [5.74, 6) is 2.01. The highest BCUT2D eigenvalue weighted by atomic mass is 16.5. The van der Waals surface area contributed by atoms with Crippen LogP contribution in [-0.2, 0) is 12.8 Å². The Bertz CT molecular complexity index is 637. The van der Waals surface area contributed by atoms with Gasteiger partial charge in [-0.3, -0.25) is 0 Å². The third-order valence-corrected chi connectivity index (χ3v) is 4.41. The van der Waals surface area contributed by atoms with Crippen molar-refractivity contribution in [2.75, 3.05) is 34.4 Å². The van der Waals surface area contributed by atoms with Gasteiger partial charge in [-0.15, -0.1) is 0 Å². The van der Waals surface area contributed by atoms with Crippen LogP contribution in [0.1, 0.15) is 17.5 Å². The molecule has 142 valence electrons. The van der Waals surface area contributed by atoms with Crippen molar-refractivity contribution in [3.63, 3.8) is 0 Å². The predicted molar refractivity (Wildman–Crippen MR) is 105 cm³/mol. The summed E-state index contributed by atoms with van der Waals surface area (Å²) < 4.78 is 16.2. The number of benzene rings is 2. The largest absolute Gasteiger partial charge is 0.493 e. The van der Waals surface area contributed by atoms with E-state index in [1.807, 2.05) is 18.2 Å². The van der Waals surface area contributed by atoms with Gasteiger partial charge in [0.1, 0.15) is 0 Å². The van der Waals surface area contributed by atoms with Crippen molar-refractivity contribution < 1.29 is 14.2 Å². The molecule has 5 nitrogen and oxygen atoms in total. The van der Waals surface area contributed by atoms with Crippen LogP contribution in [0.4, 0.5) is 0 Å². The third-order valence-electron chi connectivity index (χ3n) is 4.41. The first-order valence-corrected chi connectivity index (χ1v) is 8.98. The van der Waals surface area contributed by atoms with Crippen LogP contribution in [0.15, 0.2) is 42.5 Å². The lowest BCUT2D eigenvalue weighted by molar-refractivity contribution is 0.323. The molecule has 2 aromatic carbocycles. The van der Waals surface area contributed by atoms with Gasteiger partial charge in [0.05, 0.1) is 21.3 Å². The van der Waals surface area contributed by atoms with Gasteiger partial charge in [-0.05, 0) is 49.1 Å². The molecule has 0 radical (unpaired) electrons. The molecule has 0 amide bonds. The van der Waals surface area contributed by atoms with Crippen molar-refractivity contribution in [3.05, 3.63) is 53.6 Å². The fourth-order valence-corrected chi connectivity index (χ4v) is 3.02. The van der Waals surface area contributed by atoms with Crippen molar-refractivity contribution >= 4 is 0 Å². The number of hydrogen-bond acceptors (Lipinski definition) is 5. The zero-order valence-electron chi connectivity index (χ0n) is 16.0. The second kappa shape index (κ2) is 10.7. The first-order valence-electron chi connectivity index (χ1n) is 8.98. The van der Waals surface area contributed by atoms with Crippen molar-refractivity contribution in [2.24, 2.45) is 5.73 Å². The molecule has 0 bridgehead atoms. The molecule has 0 saturated carbocycles. The van der Waals surface area contributed by atoms with E-state index >= 15 is 0 Å². The van der Waals surface area contributed by atoms with Gasteiger partial charge in [-0.25, -0.2) is 0 Å². The Labute approximate surface area is 156 Å². The molecule has 0 spiro atoms. The van der Waals surface area contributed by atoms with E-state index in [2.05, 4.69) is 29.6 Å². The lowest BCUT2D eigenvalue weighted by atomic mass is 10.1. The molecule has 0 aliphatic rings. The molecule has 0 unspecified atom stereocenters. The van der Waals surface area contributed by atoms with E-state index in [1.165, 1.54) is 5.56 Å². The van der Waals surface area contributed by atoms with Crippen molar-refractivity contribution in [2.45, 2.75) is 25.3 Å². The van der Waals surface area contributed by atoms with Crippen LogP contribution in [0.2, 0.25) is 0 Å². The maximum absolute atomic E-state index is 5.91. The summed E-state index contributed by atoms with van der Waals surface area (Å²) >= 11 is 0. The normalized spacial score (nSPS) is 11.8. The Balaban J connectivity index is 1.86. The Morgan fingerprint density at radius 1 is 0.923 bits per heavy atom. The second-order valence-corrected chi connectivity index (χ2v) is 6.21. The topological polar surface area (TPSA) is 65.7 Å². The van der Waals surface area contributed by atoms with Crippen molar-refractivity contribution in [3.8, 4) is 17.2 Å². The molecule has 5 heteroatoms. The zero-order valence-corrected chi connectivity index (χ0v) is 16.0. The number of aryl methyl sites for hydroxylation is 1. The molecule has 2 aromatic rings. The first kappa shape index (κ1) is 20.1. The molecular formula is C21H30N2O3. The monoisotopic (exact) mass is 358 g/mol. The van der Waals surface area contributed by atoms with Crippen molar-refractivity contribution in [1.29, 1.82) is 0 Å². The predicted octanol–water partition coefficient (Wildman–Crippen LogP) is 2.80. The van der Waals surface area contributed by atoms with Gasteiger partial charge in [0.25, 0.3) is 0 Å². The quantitative estimate of drug-likeness (QED) is 0.605. The van der Waals surface area contributed by atoms with Crippen LogP contribution in [-0.4, -0.2) is 40.5 Å². The van der Waals surface area contributed by atoms with Gasteiger partial charge >= 0.3 is 0 Å². The molecule has 2 rings (SSSR count). The van der Waals surface area contributed by atoms with Crippen LogP contribution < -0.4 is 25.3 Å². The highest BCUT2D eigenvalue weighted by Crippen LogP contribution is 2.38. The highest BCUT2D eigenvalue weighted by molar-refractivity contribution is 5.53. The van der Waals surface area contributed by atoms with Gasteiger partial charge in [0.2, 0.25) is 5.75 Å². The molecule has 0 fully saturated rings. The van der Waals surface area contributed by atoms with Crippen LogP contribution in [0, 0.1) is 0 Å². The van der Waals surface area contributed by atoms with Gasteiger partial charge in [0.15, 0.2) is 11.5 Å². The standard InChI is InChI=1S/C21H30N2O3/c1-24-19-13-17(14-20(25-2)21(19)26-3)10-7-11-23-18(15-22)12-16-8-5-4-6-9-16/h4-6,8-9,13-14,18,23H,7,10-12,15,22H2,1-3H3/t18-/m0/s1. The van der Waals surface area contributed by atoms with Crippen molar-refractivity contribution in [1.82, 2.24) is 5.32 Å². The van der Waals surface area contributed by atoms with Gasteiger partial charge in [-0.2, -0.15) is 0 Å². The van der Waals surface area contributed by atoms with Crippen LogP contribution in [0.25, 0.3) is 0 Å². The molecular weight excluding hydrogens is 328 g/mol. The van der Waals surface area contributed by atoms with Gasteiger partial charge in [0, 0.05) is 12.6 Å². The molecule has 0 aromatic heterocycles. The maximum Gasteiger partial charge on any atom is 0.203 e. The Morgan fingerprint density at radius 3 is 2.12 bits per heavy atom. The summed E-state index contributed by atoms with van der Waals surface area (Å²) in [6.07, 6.45) is 2.87. The third kappa shape index (κ3) is 5.64. The summed E-state index contributed by atoms with van der Waals surface area (Å²) in [6, 6.07) is 14.7. The minimum Gasteiger partial charge on any atom is -0.493 e. The first-order chi connectivity index (χ1) is 12.7. The maximum atomic E-state index is 5.91. The summed E-state index contributed by atoms with van der Waals surface area (Å²) in [6.45, 7) is 1.53. The molecule has 0 aliphatic heterocycles. The van der Waals surface area contributed by atoms with Crippen LogP contribution in [0.5, 0.6) is 17.2 Å². The van der Waals surface area contributed by atoms with E-state index in [-0.39, 0.29) is 6.04 Å². The number of ether oxygens (including phenoxy) is 3. The number of rotatable bonds is 11. The molecule has 1 atom stereocenters. The molecule has 0 heterocycles. The molecule has 0 aliphatic carbocycles. The minimum atomic E-state index is 0.289. The number of nitrogens with one attached hydrogen (secondary N) is 1. The smallest absolute Gasteiger partial charge is 0.203 e. The molecule has 0 saturated heterocycles. The van der Waals surface area contributed by atoms with Crippen LogP contribution in [0.3, 0.4) is 0 Å². The second-order valence-electron chi connectivity index (χ2n) is 6.21. The number of hydrogen-bond donors (Lipinski definition) is 2. The van der Waals surface area contributed by atoms with E-state index in [9.17, 15) is 0 Å². The average molecular weight is 358 g/mol. The van der Waals surface area contributed by atoms with Gasteiger partial charge in [-0.1, -0.05) is 30.3 Å². The number of nitrogens with two attached hydrogens (primary N) is 1. The van der Waals surface area contributed by atoms with Gasteiger partial charge < -0.3 is 25.3 Å². The summed E-state index contributed by atoms with van der Waals surface area (Å²) in [4.78, 5) is 0. The van der Waals surface area contributed by atoms with E-state index in [0.29, 0.717) is 23.8 Å². The number of methoxy groups -OCH3 is 3. The summed E-state index contributed by atoms with van der Waals surface area (Å²) in [5.41, 5.74) is 8.38. The minimum absolute atomic E-state index is 0.289. The fraction of sp³-hybridized carbons (Fsp3) is 0.429. The lowest BCUT2D eigenvalue weighted by Crippen LogP contribution is -2.38. The highest BCUT2D eigenvalue weighted by Gasteiger charge is 2.13. The molecule has 3 N–H and O–H groups in total. The van der Waals surface area contributed by atoms with E-state index in [4.69, 9.17) is 19.9 Å². The fourth-order valence-electron chi connectivity index (χ4n) is 3.02. The Hall–Kier alpha value is -2.24.